The van der Waals surface area contributed by atoms with Gasteiger partial charge in [0, 0.05) is 10.6 Å². The summed E-state index contributed by atoms with van der Waals surface area (Å²) in [6.07, 6.45) is 0. The fourth-order valence-electron chi connectivity index (χ4n) is 0.831. The molecule has 0 saturated heterocycles. The highest BCUT2D eigenvalue weighted by Gasteiger charge is 2.08. The zero-order valence-corrected chi connectivity index (χ0v) is 8.14. The summed E-state index contributed by atoms with van der Waals surface area (Å²) in [4.78, 5) is 11.2. The third-order valence-electron chi connectivity index (χ3n) is 1.42. The number of hydrogen-bond donors (Lipinski definition) is 1. The Kier molecular flexibility index (Phi) is 3.59. The summed E-state index contributed by atoms with van der Waals surface area (Å²) >= 11 is 3.52. The van der Waals surface area contributed by atoms with Gasteiger partial charge in [0.2, 0.25) is 0 Å². The molecule has 70 valence electrons. The van der Waals surface area contributed by atoms with Crippen molar-refractivity contribution in [2.75, 3.05) is 5.75 Å². The van der Waals surface area contributed by atoms with Crippen LogP contribution in [0.4, 0.5) is 0 Å². The van der Waals surface area contributed by atoms with Gasteiger partial charge in [0.05, 0.1) is 0 Å². The molecule has 13 heavy (non-hydrogen) atoms. The van der Waals surface area contributed by atoms with Gasteiger partial charge in [0.15, 0.2) is 16.9 Å². The van der Waals surface area contributed by atoms with Crippen molar-refractivity contribution in [2.45, 2.75) is 0 Å². The monoisotopic (exact) mass is 218 g/mol. The molecule has 0 bridgehead atoms. The van der Waals surface area contributed by atoms with E-state index in [4.69, 9.17) is 16.2 Å². The maximum atomic E-state index is 11.2. The highest BCUT2D eigenvalue weighted by molar-refractivity contribution is 7.80. The first kappa shape index (κ1) is 10.4. The van der Waals surface area contributed by atoms with Crippen LogP contribution in [-0.2, 0) is 11.1 Å². The van der Waals surface area contributed by atoms with Crippen molar-refractivity contribution < 1.29 is 13.6 Å². The molecule has 0 aliphatic rings. The molecule has 0 aliphatic carbocycles. The largest absolute Gasteiger partial charge is 0.306 e. The standard InChI is InChI=1S/C8H7ClO3S/c9-7-3-1-6(2-4-7)8(10)5-13(11)12/h1-4H,5H2,(H,11,12). The molecular formula is C8H7ClO3S. The van der Waals surface area contributed by atoms with Gasteiger partial charge < -0.3 is 4.55 Å². The lowest BCUT2D eigenvalue weighted by atomic mass is 10.1. The lowest BCUT2D eigenvalue weighted by molar-refractivity contribution is 0.102. The first-order valence-corrected chi connectivity index (χ1v) is 5.11. The molecular weight excluding hydrogens is 212 g/mol. The number of Topliss-reactive ketones (excluding diaryl/α,β-unsaturated/α-hetero) is 1. The van der Waals surface area contributed by atoms with Gasteiger partial charge in [0.1, 0.15) is 5.75 Å². The number of ketones is 1. The summed E-state index contributed by atoms with van der Waals surface area (Å²) in [5, 5.41) is 0.529. The van der Waals surface area contributed by atoms with Gasteiger partial charge in [-0.3, -0.25) is 4.79 Å². The predicted molar refractivity (Wildman–Crippen MR) is 51.4 cm³/mol. The van der Waals surface area contributed by atoms with Gasteiger partial charge >= 0.3 is 0 Å². The quantitative estimate of drug-likeness (QED) is 0.621. The lowest BCUT2D eigenvalue weighted by Gasteiger charge is -1.97. The molecule has 1 aromatic rings. The average Bonchev–Trinajstić information content (AvgIpc) is 2.04. The van der Waals surface area contributed by atoms with Crippen molar-refractivity contribution in [3.8, 4) is 0 Å². The van der Waals surface area contributed by atoms with E-state index >= 15 is 0 Å². The van der Waals surface area contributed by atoms with Gasteiger partial charge in [-0.1, -0.05) is 11.6 Å². The number of rotatable bonds is 3. The first-order valence-electron chi connectivity index (χ1n) is 3.46. The third-order valence-corrected chi connectivity index (χ3v) is 2.18. The van der Waals surface area contributed by atoms with Crippen LogP contribution in [0.15, 0.2) is 24.3 Å². The zero-order valence-electron chi connectivity index (χ0n) is 6.57. The van der Waals surface area contributed by atoms with Crippen LogP contribution in [0.2, 0.25) is 5.02 Å². The van der Waals surface area contributed by atoms with Crippen molar-refractivity contribution in [1.29, 1.82) is 0 Å². The van der Waals surface area contributed by atoms with Gasteiger partial charge in [-0.15, -0.1) is 0 Å². The normalized spacial score (nSPS) is 12.5. The molecule has 0 spiro atoms. The zero-order chi connectivity index (χ0) is 9.84. The van der Waals surface area contributed by atoms with E-state index in [1.807, 2.05) is 0 Å². The van der Waals surface area contributed by atoms with Crippen molar-refractivity contribution in [3.63, 3.8) is 0 Å². The summed E-state index contributed by atoms with van der Waals surface area (Å²) in [6, 6.07) is 6.18. The van der Waals surface area contributed by atoms with E-state index in [1.165, 1.54) is 12.1 Å². The van der Waals surface area contributed by atoms with Crippen LogP contribution >= 0.6 is 11.6 Å². The molecule has 0 saturated carbocycles. The van der Waals surface area contributed by atoms with Gasteiger partial charge in [-0.05, 0) is 24.3 Å². The SMILES string of the molecule is O=C(CS(=O)O)c1ccc(Cl)cc1. The van der Waals surface area contributed by atoms with E-state index in [9.17, 15) is 9.00 Å². The summed E-state index contributed by atoms with van der Waals surface area (Å²) < 4.78 is 18.8. The maximum Gasteiger partial charge on any atom is 0.177 e. The van der Waals surface area contributed by atoms with Crippen LogP contribution < -0.4 is 0 Å². The average molecular weight is 219 g/mol. The Morgan fingerprint density at radius 2 is 1.92 bits per heavy atom. The Labute approximate surface area is 83.0 Å². The minimum Gasteiger partial charge on any atom is -0.306 e. The summed E-state index contributed by atoms with van der Waals surface area (Å²) in [5.41, 5.74) is 0.395. The Morgan fingerprint density at radius 3 is 2.38 bits per heavy atom. The minimum absolute atomic E-state index is 0.363. The predicted octanol–water partition coefficient (Wildman–Crippen LogP) is 1.74. The smallest absolute Gasteiger partial charge is 0.177 e. The molecule has 0 aromatic heterocycles. The molecule has 1 aromatic carbocycles. The van der Waals surface area contributed by atoms with E-state index in [0.717, 1.165) is 0 Å². The van der Waals surface area contributed by atoms with E-state index in [1.54, 1.807) is 12.1 Å². The van der Waals surface area contributed by atoms with E-state index in [2.05, 4.69) is 0 Å². The van der Waals surface area contributed by atoms with Crippen molar-refractivity contribution in [2.24, 2.45) is 0 Å². The Hall–Kier alpha value is -0.710. The number of benzene rings is 1. The van der Waals surface area contributed by atoms with Crippen LogP contribution in [0, 0.1) is 0 Å². The second-order valence-electron chi connectivity index (χ2n) is 2.40. The number of halogens is 1. The summed E-state index contributed by atoms with van der Waals surface area (Å²) in [7, 11) is 0. The van der Waals surface area contributed by atoms with E-state index in [-0.39, 0.29) is 11.5 Å². The number of hydrogen-bond acceptors (Lipinski definition) is 2. The Morgan fingerprint density at radius 1 is 1.38 bits per heavy atom. The molecule has 0 amide bonds. The molecule has 0 radical (unpaired) electrons. The molecule has 1 N–H and O–H groups in total. The fraction of sp³-hybridized carbons (Fsp3) is 0.125. The second kappa shape index (κ2) is 4.50. The van der Waals surface area contributed by atoms with Crippen molar-refractivity contribution in [3.05, 3.63) is 34.9 Å². The lowest BCUT2D eigenvalue weighted by Crippen LogP contribution is -2.09. The second-order valence-corrected chi connectivity index (χ2v) is 3.76. The fourth-order valence-corrected chi connectivity index (χ4v) is 1.35. The van der Waals surface area contributed by atoms with E-state index < -0.39 is 11.1 Å². The molecule has 0 fully saturated rings. The molecule has 0 heterocycles. The van der Waals surface area contributed by atoms with Crippen LogP contribution in [0.5, 0.6) is 0 Å². The number of carbonyl (C=O) groups is 1. The van der Waals surface area contributed by atoms with Gasteiger partial charge in [0.25, 0.3) is 0 Å². The number of carbonyl (C=O) groups excluding carboxylic acids is 1. The minimum atomic E-state index is -2.08. The van der Waals surface area contributed by atoms with Crippen LogP contribution in [0.3, 0.4) is 0 Å². The molecule has 3 nitrogen and oxygen atoms in total. The van der Waals surface area contributed by atoms with E-state index in [0.29, 0.717) is 10.6 Å². The van der Waals surface area contributed by atoms with Crippen molar-refractivity contribution >= 4 is 28.5 Å². The highest BCUT2D eigenvalue weighted by atomic mass is 35.5. The highest BCUT2D eigenvalue weighted by Crippen LogP contribution is 2.10. The molecule has 0 aliphatic heterocycles. The summed E-state index contributed by atoms with van der Waals surface area (Å²) in [6.45, 7) is 0. The third kappa shape index (κ3) is 3.26. The topological polar surface area (TPSA) is 54.4 Å². The Balaban J connectivity index is 2.78. The van der Waals surface area contributed by atoms with Crippen LogP contribution in [0.25, 0.3) is 0 Å². The first-order chi connectivity index (χ1) is 6.09. The molecule has 1 rings (SSSR count). The maximum absolute atomic E-state index is 11.2. The molecule has 1 atom stereocenters. The van der Waals surface area contributed by atoms with Gasteiger partial charge in [-0.2, -0.15) is 0 Å². The molecule has 1 unspecified atom stereocenters. The molecule has 5 heteroatoms. The van der Waals surface area contributed by atoms with Gasteiger partial charge in [-0.25, -0.2) is 4.21 Å². The Bertz CT molecular complexity index is 334. The van der Waals surface area contributed by atoms with Crippen LogP contribution in [0.1, 0.15) is 10.4 Å². The summed E-state index contributed by atoms with van der Waals surface area (Å²) in [5.74, 6) is -0.737. The van der Waals surface area contributed by atoms with Crippen LogP contribution in [-0.4, -0.2) is 20.3 Å². The van der Waals surface area contributed by atoms with Crippen molar-refractivity contribution in [1.82, 2.24) is 0 Å².